The maximum atomic E-state index is 12.4. The number of thioether (sulfide) groups is 1. The molecular weight excluding hydrogens is 391 g/mol. The first-order chi connectivity index (χ1) is 12.5. The number of rotatable bonds is 5. The van der Waals surface area contributed by atoms with Crippen LogP contribution in [0.3, 0.4) is 0 Å². The summed E-state index contributed by atoms with van der Waals surface area (Å²) in [5.74, 6) is 0.514. The summed E-state index contributed by atoms with van der Waals surface area (Å²) in [6.45, 7) is 1.81. The Labute approximate surface area is 165 Å². The predicted octanol–water partition coefficient (Wildman–Crippen LogP) is 4.91. The van der Waals surface area contributed by atoms with E-state index in [1.807, 2.05) is 36.7 Å². The van der Waals surface area contributed by atoms with Gasteiger partial charge in [-0.25, -0.2) is 0 Å². The van der Waals surface area contributed by atoms with Crippen molar-refractivity contribution in [2.45, 2.75) is 17.3 Å². The highest BCUT2D eigenvalue weighted by atomic mass is 35.5. The number of benzene rings is 2. The van der Waals surface area contributed by atoms with Gasteiger partial charge in [0, 0.05) is 23.3 Å². The van der Waals surface area contributed by atoms with E-state index < -0.39 is 0 Å². The number of aromatic nitrogens is 3. The molecule has 1 unspecified atom stereocenters. The van der Waals surface area contributed by atoms with Crippen LogP contribution in [0.5, 0.6) is 0 Å². The average Bonchev–Trinajstić information content (AvgIpc) is 2.96. The van der Waals surface area contributed by atoms with Gasteiger partial charge < -0.3 is 9.88 Å². The van der Waals surface area contributed by atoms with Gasteiger partial charge in [-0.15, -0.1) is 10.2 Å². The molecule has 0 saturated carbocycles. The van der Waals surface area contributed by atoms with Crippen molar-refractivity contribution >= 4 is 46.6 Å². The van der Waals surface area contributed by atoms with Crippen LogP contribution in [0.15, 0.2) is 53.7 Å². The molecule has 0 bridgehead atoms. The van der Waals surface area contributed by atoms with Gasteiger partial charge in [-0.3, -0.25) is 4.79 Å². The van der Waals surface area contributed by atoms with E-state index in [4.69, 9.17) is 23.2 Å². The normalized spacial score (nSPS) is 12.0. The molecule has 0 aliphatic heterocycles. The highest BCUT2D eigenvalue weighted by molar-refractivity contribution is 8.00. The summed E-state index contributed by atoms with van der Waals surface area (Å²) < 4.78 is 1.83. The molecule has 8 heteroatoms. The van der Waals surface area contributed by atoms with Crippen molar-refractivity contribution < 1.29 is 4.79 Å². The standard InChI is InChI=1S/C18H16Cl2N4OS/c1-11(17(25)21-13-7-5-6-12(19)10-13)26-18-23-22-16(24(18)2)14-8-3-4-9-15(14)20/h3-11H,1-2H3,(H,21,25). The Balaban J connectivity index is 1.73. The third kappa shape index (κ3) is 4.20. The van der Waals surface area contributed by atoms with Crippen LogP contribution in [-0.4, -0.2) is 25.9 Å². The maximum absolute atomic E-state index is 12.4. The molecule has 0 radical (unpaired) electrons. The van der Waals surface area contributed by atoms with Crippen LogP contribution in [0.25, 0.3) is 11.4 Å². The molecule has 3 aromatic rings. The Morgan fingerprint density at radius 2 is 1.92 bits per heavy atom. The fourth-order valence-electron chi connectivity index (χ4n) is 2.32. The molecule has 0 saturated heterocycles. The van der Waals surface area contributed by atoms with Crippen LogP contribution < -0.4 is 5.32 Å². The zero-order chi connectivity index (χ0) is 18.7. The zero-order valence-electron chi connectivity index (χ0n) is 14.1. The Morgan fingerprint density at radius 1 is 1.15 bits per heavy atom. The summed E-state index contributed by atoms with van der Waals surface area (Å²) in [6.07, 6.45) is 0. The molecule has 1 N–H and O–H groups in total. The van der Waals surface area contributed by atoms with E-state index in [-0.39, 0.29) is 11.2 Å². The number of carbonyl (C=O) groups is 1. The van der Waals surface area contributed by atoms with Gasteiger partial charge in [-0.05, 0) is 37.3 Å². The smallest absolute Gasteiger partial charge is 0.237 e. The molecule has 134 valence electrons. The first-order valence-corrected chi connectivity index (χ1v) is 9.46. The molecule has 26 heavy (non-hydrogen) atoms. The average molecular weight is 407 g/mol. The highest BCUT2D eigenvalue weighted by Crippen LogP contribution is 2.30. The van der Waals surface area contributed by atoms with Gasteiger partial charge in [0.25, 0.3) is 0 Å². The van der Waals surface area contributed by atoms with Crippen molar-refractivity contribution in [2.75, 3.05) is 5.32 Å². The van der Waals surface area contributed by atoms with Gasteiger partial charge in [0.1, 0.15) is 0 Å². The minimum atomic E-state index is -0.365. The summed E-state index contributed by atoms with van der Waals surface area (Å²) in [7, 11) is 1.85. The number of halogens is 2. The van der Waals surface area contributed by atoms with Crippen molar-refractivity contribution in [3.05, 3.63) is 58.6 Å². The topological polar surface area (TPSA) is 59.8 Å². The van der Waals surface area contributed by atoms with Gasteiger partial charge in [-0.2, -0.15) is 0 Å². The molecule has 3 rings (SSSR count). The number of nitrogens with zero attached hydrogens (tertiary/aromatic N) is 3. The molecule has 0 aliphatic carbocycles. The van der Waals surface area contributed by atoms with Crippen LogP contribution in [-0.2, 0) is 11.8 Å². The molecule has 1 aromatic heterocycles. The fourth-order valence-corrected chi connectivity index (χ4v) is 3.54. The van der Waals surface area contributed by atoms with E-state index in [9.17, 15) is 4.79 Å². The lowest BCUT2D eigenvalue weighted by Crippen LogP contribution is -2.22. The first kappa shape index (κ1) is 18.8. The van der Waals surface area contributed by atoms with Crippen molar-refractivity contribution in [1.82, 2.24) is 14.8 Å². The molecule has 0 aliphatic rings. The molecule has 0 spiro atoms. The van der Waals surface area contributed by atoms with Gasteiger partial charge in [0.2, 0.25) is 5.91 Å². The van der Waals surface area contributed by atoms with Gasteiger partial charge in [-0.1, -0.05) is 53.2 Å². The fraction of sp³-hybridized carbons (Fsp3) is 0.167. The van der Waals surface area contributed by atoms with Crippen LogP contribution >= 0.6 is 35.0 Å². The van der Waals surface area contributed by atoms with Crippen LogP contribution in [0.4, 0.5) is 5.69 Å². The largest absolute Gasteiger partial charge is 0.325 e. The SMILES string of the molecule is CC(Sc1nnc(-c2ccccc2Cl)n1C)C(=O)Nc1cccc(Cl)c1. The van der Waals surface area contributed by atoms with Crippen molar-refractivity contribution in [3.63, 3.8) is 0 Å². The lowest BCUT2D eigenvalue weighted by Gasteiger charge is -2.12. The third-order valence-corrected chi connectivity index (χ3v) is 5.39. The van der Waals surface area contributed by atoms with E-state index in [0.717, 1.165) is 5.56 Å². The second-order valence-corrected chi connectivity index (χ2v) is 7.76. The highest BCUT2D eigenvalue weighted by Gasteiger charge is 2.20. The second kappa shape index (κ2) is 8.12. The van der Waals surface area contributed by atoms with Gasteiger partial charge in [0.15, 0.2) is 11.0 Å². The Kier molecular flexibility index (Phi) is 5.86. The Bertz CT molecular complexity index is 944. The summed E-state index contributed by atoms with van der Waals surface area (Å²) in [5.41, 5.74) is 1.46. The lowest BCUT2D eigenvalue weighted by molar-refractivity contribution is -0.115. The third-order valence-electron chi connectivity index (χ3n) is 3.69. The second-order valence-electron chi connectivity index (χ2n) is 5.60. The quantitative estimate of drug-likeness (QED) is 0.611. The number of hydrogen-bond acceptors (Lipinski definition) is 4. The number of nitrogens with one attached hydrogen (secondary N) is 1. The van der Waals surface area contributed by atoms with E-state index in [0.29, 0.717) is 26.7 Å². The van der Waals surface area contributed by atoms with Crippen LogP contribution in [0.1, 0.15) is 6.92 Å². The molecular formula is C18H16Cl2N4OS. The minimum absolute atomic E-state index is 0.139. The number of hydrogen-bond donors (Lipinski definition) is 1. The summed E-state index contributed by atoms with van der Waals surface area (Å²) in [5, 5.41) is 12.7. The summed E-state index contributed by atoms with van der Waals surface area (Å²) >= 11 is 13.5. The molecule has 1 heterocycles. The first-order valence-electron chi connectivity index (χ1n) is 7.83. The summed E-state index contributed by atoms with van der Waals surface area (Å²) in [4.78, 5) is 12.4. The van der Waals surface area contributed by atoms with Gasteiger partial charge >= 0.3 is 0 Å². The number of carbonyl (C=O) groups excluding carboxylic acids is 1. The van der Waals surface area contributed by atoms with Crippen LogP contribution in [0.2, 0.25) is 10.0 Å². The summed E-state index contributed by atoms with van der Waals surface area (Å²) in [6, 6.07) is 14.5. The van der Waals surface area contributed by atoms with Crippen molar-refractivity contribution in [1.29, 1.82) is 0 Å². The van der Waals surface area contributed by atoms with E-state index in [2.05, 4.69) is 15.5 Å². The van der Waals surface area contributed by atoms with Crippen LogP contribution in [0, 0.1) is 0 Å². The number of amides is 1. The molecule has 5 nitrogen and oxygen atoms in total. The maximum Gasteiger partial charge on any atom is 0.237 e. The van der Waals surface area contributed by atoms with Crippen molar-refractivity contribution in [2.24, 2.45) is 7.05 Å². The molecule has 1 atom stereocenters. The Morgan fingerprint density at radius 3 is 2.65 bits per heavy atom. The Hall–Kier alpha value is -2.02. The minimum Gasteiger partial charge on any atom is -0.325 e. The monoisotopic (exact) mass is 406 g/mol. The predicted molar refractivity (Wildman–Crippen MR) is 107 cm³/mol. The molecule has 0 fully saturated rings. The van der Waals surface area contributed by atoms with E-state index in [1.54, 1.807) is 30.3 Å². The molecule has 2 aromatic carbocycles. The molecule has 1 amide bonds. The lowest BCUT2D eigenvalue weighted by atomic mass is 10.2. The zero-order valence-corrected chi connectivity index (χ0v) is 16.4. The van der Waals surface area contributed by atoms with Crippen molar-refractivity contribution in [3.8, 4) is 11.4 Å². The number of anilines is 1. The van der Waals surface area contributed by atoms with Gasteiger partial charge in [0.05, 0.1) is 10.3 Å². The van der Waals surface area contributed by atoms with E-state index >= 15 is 0 Å². The van der Waals surface area contributed by atoms with E-state index in [1.165, 1.54) is 11.8 Å².